The maximum atomic E-state index is 5.42. The molecule has 1 atom stereocenters. The number of nitrogens with one attached hydrogen (secondary N) is 1. The minimum Gasteiger partial charge on any atom is -0.467 e. The summed E-state index contributed by atoms with van der Waals surface area (Å²) in [6, 6.07) is 0.480. The largest absolute Gasteiger partial charge is 0.467 e. The Kier molecular flexibility index (Phi) is 4.52. The molecule has 1 N–H and O–H groups in total. The molecule has 1 fully saturated rings. The van der Waals surface area contributed by atoms with Crippen LogP contribution in [0.2, 0.25) is 0 Å². The van der Waals surface area contributed by atoms with E-state index >= 15 is 0 Å². The molecule has 0 saturated carbocycles. The summed E-state index contributed by atoms with van der Waals surface area (Å²) in [5.41, 5.74) is 0. The second-order valence-corrected chi connectivity index (χ2v) is 4.10. The van der Waals surface area contributed by atoms with Gasteiger partial charge in [0.05, 0.1) is 20.8 Å². The Morgan fingerprint density at radius 2 is 1.94 bits per heavy atom. The second kappa shape index (κ2) is 6.34. The van der Waals surface area contributed by atoms with E-state index in [4.69, 9.17) is 14.2 Å². The zero-order chi connectivity index (χ0) is 12.8. The molecule has 7 nitrogen and oxygen atoms in total. The number of methoxy groups -OCH3 is 2. The lowest BCUT2D eigenvalue weighted by Gasteiger charge is -2.22. The third-order valence-electron chi connectivity index (χ3n) is 2.76. The first kappa shape index (κ1) is 12.8. The number of aromatic nitrogens is 3. The van der Waals surface area contributed by atoms with Crippen LogP contribution in [-0.4, -0.2) is 48.9 Å². The minimum atomic E-state index is 0.240. The molecule has 1 unspecified atom stereocenters. The van der Waals surface area contributed by atoms with Crippen LogP contribution in [0.15, 0.2) is 0 Å². The van der Waals surface area contributed by atoms with E-state index in [2.05, 4.69) is 20.3 Å². The topological polar surface area (TPSA) is 78.4 Å². The average molecular weight is 254 g/mol. The molecule has 100 valence electrons. The number of nitrogens with zero attached hydrogens (tertiary/aromatic N) is 3. The summed E-state index contributed by atoms with van der Waals surface area (Å²) in [6.07, 6.45) is 2.27. The van der Waals surface area contributed by atoms with E-state index in [1.807, 2.05) is 0 Å². The standard InChI is InChI=1S/C11H18N4O3/c1-16-10-13-9(14-11(15-10)17-2)12-6-8-4-3-5-18-7-8/h8H,3-7H2,1-2H3,(H,12,13,14,15). The van der Waals surface area contributed by atoms with Crippen molar-refractivity contribution >= 4 is 5.95 Å². The van der Waals surface area contributed by atoms with E-state index in [1.54, 1.807) is 0 Å². The molecule has 1 aliphatic rings. The van der Waals surface area contributed by atoms with Gasteiger partial charge in [0.2, 0.25) is 5.95 Å². The van der Waals surface area contributed by atoms with Crippen molar-refractivity contribution in [3.05, 3.63) is 0 Å². The van der Waals surface area contributed by atoms with Crippen LogP contribution in [0, 0.1) is 5.92 Å². The summed E-state index contributed by atoms with van der Waals surface area (Å²) < 4.78 is 15.4. The zero-order valence-electron chi connectivity index (χ0n) is 10.7. The highest BCUT2D eigenvalue weighted by atomic mass is 16.5. The molecule has 18 heavy (non-hydrogen) atoms. The Balaban J connectivity index is 1.94. The molecule has 0 spiro atoms. The summed E-state index contributed by atoms with van der Waals surface area (Å²) in [7, 11) is 3.01. The highest BCUT2D eigenvalue weighted by Crippen LogP contribution is 2.16. The van der Waals surface area contributed by atoms with Crippen LogP contribution in [0.25, 0.3) is 0 Å². The molecule has 2 heterocycles. The number of rotatable bonds is 5. The van der Waals surface area contributed by atoms with E-state index in [0.29, 0.717) is 11.9 Å². The summed E-state index contributed by atoms with van der Waals surface area (Å²) in [5, 5.41) is 3.16. The van der Waals surface area contributed by atoms with Crippen molar-refractivity contribution in [1.82, 2.24) is 15.0 Å². The van der Waals surface area contributed by atoms with Gasteiger partial charge in [0.25, 0.3) is 0 Å². The first-order chi connectivity index (χ1) is 8.81. The van der Waals surface area contributed by atoms with Gasteiger partial charge in [-0.1, -0.05) is 0 Å². The van der Waals surface area contributed by atoms with Crippen molar-refractivity contribution < 1.29 is 14.2 Å². The van der Waals surface area contributed by atoms with Crippen LogP contribution in [0.4, 0.5) is 5.95 Å². The molecule has 1 saturated heterocycles. The zero-order valence-corrected chi connectivity index (χ0v) is 10.7. The van der Waals surface area contributed by atoms with Crippen molar-refractivity contribution in [1.29, 1.82) is 0 Å². The fourth-order valence-corrected chi connectivity index (χ4v) is 1.80. The molecule has 0 aromatic carbocycles. The third kappa shape index (κ3) is 3.43. The lowest BCUT2D eigenvalue weighted by molar-refractivity contribution is 0.0594. The SMILES string of the molecule is COc1nc(NCC2CCCOC2)nc(OC)n1. The molecule has 0 radical (unpaired) electrons. The van der Waals surface area contributed by atoms with Crippen LogP contribution in [-0.2, 0) is 4.74 Å². The monoisotopic (exact) mass is 254 g/mol. The first-order valence-corrected chi connectivity index (χ1v) is 5.97. The van der Waals surface area contributed by atoms with Gasteiger partial charge in [0.1, 0.15) is 0 Å². The summed E-state index contributed by atoms with van der Waals surface area (Å²) in [5.74, 6) is 0.955. The van der Waals surface area contributed by atoms with Crippen molar-refractivity contribution in [2.45, 2.75) is 12.8 Å². The van der Waals surface area contributed by atoms with Gasteiger partial charge in [-0.05, 0) is 18.8 Å². The Bertz CT molecular complexity index is 360. The van der Waals surface area contributed by atoms with Gasteiger partial charge in [0, 0.05) is 13.2 Å². The first-order valence-electron chi connectivity index (χ1n) is 5.97. The van der Waals surface area contributed by atoms with Crippen LogP contribution in [0.5, 0.6) is 12.0 Å². The molecule has 1 aliphatic heterocycles. The fourth-order valence-electron chi connectivity index (χ4n) is 1.80. The molecule has 2 rings (SSSR count). The van der Waals surface area contributed by atoms with Crippen molar-refractivity contribution in [2.75, 3.05) is 39.3 Å². The molecule has 1 aromatic heterocycles. The summed E-state index contributed by atoms with van der Waals surface area (Å²) in [6.45, 7) is 2.42. The van der Waals surface area contributed by atoms with Gasteiger partial charge in [0.15, 0.2) is 0 Å². The number of hydrogen-bond donors (Lipinski definition) is 1. The van der Waals surface area contributed by atoms with Gasteiger partial charge in [-0.25, -0.2) is 0 Å². The van der Waals surface area contributed by atoms with Crippen molar-refractivity contribution in [2.24, 2.45) is 5.92 Å². The second-order valence-electron chi connectivity index (χ2n) is 4.10. The molecule has 1 aromatic rings. The molecular formula is C11H18N4O3. The van der Waals surface area contributed by atoms with Gasteiger partial charge in [-0.3, -0.25) is 0 Å². The maximum absolute atomic E-state index is 5.42. The van der Waals surface area contributed by atoms with Gasteiger partial charge in [-0.15, -0.1) is 4.98 Å². The minimum absolute atomic E-state index is 0.240. The smallest absolute Gasteiger partial charge is 0.324 e. The normalized spacial score (nSPS) is 19.3. The number of hydrogen-bond acceptors (Lipinski definition) is 7. The summed E-state index contributed by atoms with van der Waals surface area (Å²) in [4.78, 5) is 12.1. The number of ether oxygens (including phenoxy) is 3. The van der Waals surface area contributed by atoms with E-state index in [1.165, 1.54) is 14.2 Å². The third-order valence-corrected chi connectivity index (χ3v) is 2.76. The Hall–Kier alpha value is -1.63. The number of anilines is 1. The Morgan fingerprint density at radius 3 is 2.50 bits per heavy atom. The molecule has 7 heteroatoms. The predicted octanol–water partition coefficient (Wildman–Crippen LogP) is 0.727. The summed E-state index contributed by atoms with van der Waals surface area (Å²) >= 11 is 0. The van der Waals surface area contributed by atoms with E-state index in [-0.39, 0.29) is 12.0 Å². The molecule has 0 aliphatic carbocycles. The highest BCUT2D eigenvalue weighted by Gasteiger charge is 2.14. The van der Waals surface area contributed by atoms with Gasteiger partial charge in [-0.2, -0.15) is 9.97 Å². The van der Waals surface area contributed by atoms with E-state index in [9.17, 15) is 0 Å². The maximum Gasteiger partial charge on any atom is 0.324 e. The van der Waals surface area contributed by atoms with Crippen LogP contribution < -0.4 is 14.8 Å². The fraction of sp³-hybridized carbons (Fsp3) is 0.727. The predicted molar refractivity (Wildman–Crippen MR) is 65.0 cm³/mol. The Morgan fingerprint density at radius 1 is 1.22 bits per heavy atom. The lowest BCUT2D eigenvalue weighted by atomic mass is 10.0. The van der Waals surface area contributed by atoms with E-state index < -0.39 is 0 Å². The van der Waals surface area contributed by atoms with Gasteiger partial charge < -0.3 is 19.5 Å². The van der Waals surface area contributed by atoms with Crippen molar-refractivity contribution in [3.63, 3.8) is 0 Å². The Labute approximate surface area is 106 Å². The van der Waals surface area contributed by atoms with Crippen LogP contribution in [0.3, 0.4) is 0 Å². The molecular weight excluding hydrogens is 236 g/mol. The van der Waals surface area contributed by atoms with Crippen LogP contribution >= 0.6 is 0 Å². The quantitative estimate of drug-likeness (QED) is 0.829. The van der Waals surface area contributed by atoms with E-state index in [0.717, 1.165) is 32.6 Å². The molecule has 0 amide bonds. The average Bonchev–Trinajstić information content (AvgIpc) is 2.45. The molecule has 0 bridgehead atoms. The van der Waals surface area contributed by atoms with Crippen LogP contribution in [0.1, 0.15) is 12.8 Å². The van der Waals surface area contributed by atoms with Gasteiger partial charge >= 0.3 is 12.0 Å². The lowest BCUT2D eigenvalue weighted by Crippen LogP contribution is -2.25. The highest BCUT2D eigenvalue weighted by molar-refractivity contribution is 5.27. The van der Waals surface area contributed by atoms with Crippen molar-refractivity contribution in [3.8, 4) is 12.0 Å².